The van der Waals surface area contributed by atoms with Crippen molar-refractivity contribution in [2.24, 2.45) is 23.2 Å². The predicted molar refractivity (Wildman–Crippen MR) is 85.9 cm³/mol. The molecule has 0 N–H and O–H groups in total. The second-order valence-electron chi connectivity index (χ2n) is 8.00. The topological polar surface area (TPSA) is 33.2 Å². The van der Waals surface area contributed by atoms with Gasteiger partial charge >= 0.3 is 0 Å². The summed E-state index contributed by atoms with van der Waals surface area (Å²) < 4.78 is 0. The van der Waals surface area contributed by atoms with Gasteiger partial charge in [-0.2, -0.15) is 0 Å². The highest BCUT2D eigenvalue weighted by molar-refractivity contribution is 6.30. The van der Waals surface area contributed by atoms with E-state index in [9.17, 15) is 4.79 Å². The molecule has 4 saturated carbocycles. The number of carbonyl (C=O) groups is 1. The van der Waals surface area contributed by atoms with Gasteiger partial charge in [0, 0.05) is 18.3 Å². The first kappa shape index (κ1) is 13.4. The third-order valence-electron chi connectivity index (χ3n) is 6.59. The number of amides is 1. The molecule has 6 rings (SSSR count). The first-order valence-electron chi connectivity index (χ1n) is 8.60. The van der Waals surface area contributed by atoms with Gasteiger partial charge in [-0.3, -0.25) is 4.79 Å². The zero-order valence-electron chi connectivity index (χ0n) is 12.7. The molecular formula is C18H21ClN2O. The summed E-state index contributed by atoms with van der Waals surface area (Å²) in [6.07, 6.45) is 10.1. The average molecular weight is 317 g/mol. The van der Waals surface area contributed by atoms with Crippen molar-refractivity contribution in [1.82, 2.24) is 4.98 Å². The summed E-state index contributed by atoms with van der Waals surface area (Å²) in [4.78, 5) is 19.6. The van der Waals surface area contributed by atoms with Crippen LogP contribution >= 0.6 is 11.6 Å². The number of rotatable bonds is 1. The van der Waals surface area contributed by atoms with Gasteiger partial charge in [0.25, 0.3) is 0 Å². The maximum Gasteiger partial charge on any atom is 0.233 e. The van der Waals surface area contributed by atoms with E-state index in [1.54, 1.807) is 6.20 Å². The Morgan fingerprint density at radius 3 is 2.45 bits per heavy atom. The van der Waals surface area contributed by atoms with E-state index in [0.717, 1.165) is 61.2 Å². The van der Waals surface area contributed by atoms with Crippen LogP contribution in [0.15, 0.2) is 12.3 Å². The van der Waals surface area contributed by atoms with Crippen LogP contribution < -0.4 is 4.90 Å². The lowest BCUT2D eigenvalue weighted by Gasteiger charge is -2.56. The van der Waals surface area contributed by atoms with E-state index in [-0.39, 0.29) is 5.41 Å². The van der Waals surface area contributed by atoms with Gasteiger partial charge in [-0.15, -0.1) is 0 Å². The molecule has 0 unspecified atom stereocenters. The number of aromatic nitrogens is 1. The number of halogens is 1. The molecule has 0 spiro atoms. The quantitative estimate of drug-likeness (QED) is 0.737. The summed E-state index contributed by atoms with van der Waals surface area (Å²) in [5.74, 6) is 2.79. The lowest BCUT2D eigenvalue weighted by Crippen LogP contribution is -2.54. The van der Waals surface area contributed by atoms with Gasteiger partial charge in [-0.05, 0) is 68.8 Å². The first-order chi connectivity index (χ1) is 10.6. The number of anilines is 1. The first-order valence-corrected chi connectivity index (χ1v) is 8.98. The molecule has 2 heterocycles. The largest absolute Gasteiger partial charge is 0.311 e. The van der Waals surface area contributed by atoms with Crippen LogP contribution in [0.4, 0.5) is 5.69 Å². The predicted octanol–water partition coefficient (Wildman–Crippen LogP) is 3.84. The molecule has 22 heavy (non-hydrogen) atoms. The summed E-state index contributed by atoms with van der Waals surface area (Å²) in [6.45, 7) is 0.779. The van der Waals surface area contributed by atoms with Crippen molar-refractivity contribution >= 4 is 23.2 Å². The molecule has 5 aliphatic rings. The highest BCUT2D eigenvalue weighted by atomic mass is 35.5. The lowest BCUT2D eigenvalue weighted by molar-refractivity contribution is -0.143. The van der Waals surface area contributed by atoms with Crippen molar-refractivity contribution in [3.8, 4) is 0 Å². The second kappa shape index (κ2) is 4.47. The highest BCUT2D eigenvalue weighted by Gasteiger charge is 2.56. The van der Waals surface area contributed by atoms with Crippen LogP contribution in [0.3, 0.4) is 0 Å². The van der Waals surface area contributed by atoms with E-state index in [0.29, 0.717) is 11.1 Å². The summed E-state index contributed by atoms with van der Waals surface area (Å²) in [5.41, 5.74) is 2.01. The number of carbonyl (C=O) groups excluding carboxylic acids is 1. The number of hydrogen-bond donors (Lipinski definition) is 0. The number of hydrogen-bond acceptors (Lipinski definition) is 2. The molecule has 4 fully saturated rings. The minimum Gasteiger partial charge on any atom is -0.311 e. The van der Waals surface area contributed by atoms with Gasteiger partial charge in [0.2, 0.25) is 5.91 Å². The van der Waals surface area contributed by atoms with E-state index in [2.05, 4.69) is 4.98 Å². The van der Waals surface area contributed by atoms with Crippen molar-refractivity contribution in [2.75, 3.05) is 11.4 Å². The molecule has 0 radical (unpaired) electrons. The van der Waals surface area contributed by atoms with E-state index in [1.165, 1.54) is 19.3 Å². The van der Waals surface area contributed by atoms with E-state index in [1.807, 2.05) is 11.0 Å². The van der Waals surface area contributed by atoms with Gasteiger partial charge in [-0.1, -0.05) is 11.6 Å². The van der Waals surface area contributed by atoms with Crippen LogP contribution in [0.5, 0.6) is 0 Å². The zero-order valence-corrected chi connectivity index (χ0v) is 13.5. The van der Waals surface area contributed by atoms with Gasteiger partial charge in [0.05, 0.1) is 11.1 Å². The maximum absolute atomic E-state index is 13.4. The minimum atomic E-state index is -0.0634. The Balaban J connectivity index is 1.50. The Bertz CT molecular complexity index is 621. The molecular weight excluding hydrogens is 296 g/mol. The fourth-order valence-corrected chi connectivity index (χ4v) is 6.40. The molecule has 4 aliphatic carbocycles. The monoisotopic (exact) mass is 316 g/mol. The Kier molecular flexibility index (Phi) is 2.71. The standard InChI is InChI=1S/C18H21ClN2O/c19-16-14-2-4-21(15(14)1-3-20-16)17(22)18-8-11-5-12(9-18)7-13(6-11)10-18/h1,3,11-13H,2,4-10H2. The third kappa shape index (κ3) is 1.75. The third-order valence-corrected chi connectivity index (χ3v) is 6.92. The Morgan fingerprint density at radius 2 is 1.82 bits per heavy atom. The van der Waals surface area contributed by atoms with Gasteiger partial charge in [0.1, 0.15) is 5.15 Å². The van der Waals surface area contributed by atoms with Crippen LogP contribution in [0, 0.1) is 23.2 Å². The molecule has 3 nitrogen and oxygen atoms in total. The molecule has 0 aromatic carbocycles. The normalized spacial score (nSPS) is 38.4. The Hall–Kier alpha value is -1.09. The zero-order chi connectivity index (χ0) is 14.9. The minimum absolute atomic E-state index is 0.0634. The van der Waals surface area contributed by atoms with Crippen molar-refractivity contribution in [3.05, 3.63) is 23.0 Å². The molecule has 1 aromatic heterocycles. The van der Waals surface area contributed by atoms with E-state index in [4.69, 9.17) is 11.6 Å². The van der Waals surface area contributed by atoms with E-state index < -0.39 is 0 Å². The number of nitrogens with zero attached hydrogens (tertiary/aromatic N) is 2. The van der Waals surface area contributed by atoms with Crippen molar-refractivity contribution < 1.29 is 4.79 Å². The van der Waals surface area contributed by atoms with Gasteiger partial charge in [0.15, 0.2) is 0 Å². The van der Waals surface area contributed by atoms with Crippen LogP contribution in [-0.4, -0.2) is 17.4 Å². The van der Waals surface area contributed by atoms with Crippen molar-refractivity contribution in [3.63, 3.8) is 0 Å². The molecule has 116 valence electrons. The van der Waals surface area contributed by atoms with Crippen molar-refractivity contribution in [1.29, 1.82) is 0 Å². The van der Waals surface area contributed by atoms with Crippen LogP contribution in [-0.2, 0) is 11.2 Å². The molecule has 0 saturated heterocycles. The van der Waals surface area contributed by atoms with Crippen molar-refractivity contribution in [2.45, 2.75) is 44.9 Å². The SMILES string of the molecule is O=C(N1CCc2c1ccnc2Cl)C12CC3CC(CC(C3)C1)C2. The summed E-state index contributed by atoms with van der Waals surface area (Å²) in [7, 11) is 0. The summed E-state index contributed by atoms with van der Waals surface area (Å²) >= 11 is 6.21. The molecule has 1 aliphatic heterocycles. The van der Waals surface area contributed by atoms with Crippen LogP contribution in [0.2, 0.25) is 5.15 Å². The second-order valence-corrected chi connectivity index (χ2v) is 8.36. The summed E-state index contributed by atoms with van der Waals surface area (Å²) in [6, 6.07) is 1.96. The molecule has 0 atom stereocenters. The maximum atomic E-state index is 13.4. The average Bonchev–Trinajstić information content (AvgIpc) is 2.90. The molecule has 4 bridgehead atoms. The molecule has 1 aromatic rings. The molecule has 1 amide bonds. The lowest BCUT2D eigenvalue weighted by atomic mass is 9.49. The summed E-state index contributed by atoms with van der Waals surface area (Å²) in [5, 5.41) is 0.568. The molecule has 4 heteroatoms. The van der Waals surface area contributed by atoms with Crippen LogP contribution in [0.1, 0.15) is 44.1 Å². The Labute approximate surface area is 136 Å². The van der Waals surface area contributed by atoms with Gasteiger partial charge < -0.3 is 4.90 Å². The smallest absolute Gasteiger partial charge is 0.233 e. The Morgan fingerprint density at radius 1 is 1.18 bits per heavy atom. The van der Waals surface area contributed by atoms with E-state index >= 15 is 0 Å². The fourth-order valence-electron chi connectivity index (χ4n) is 6.16. The fraction of sp³-hybridized carbons (Fsp3) is 0.667. The highest BCUT2D eigenvalue weighted by Crippen LogP contribution is 2.61. The number of fused-ring (bicyclic) bond motifs is 1. The van der Waals surface area contributed by atoms with Crippen LogP contribution in [0.25, 0.3) is 0 Å². The number of pyridine rings is 1. The van der Waals surface area contributed by atoms with Gasteiger partial charge in [-0.25, -0.2) is 4.98 Å².